The second-order valence-corrected chi connectivity index (χ2v) is 9.13. The fraction of sp³-hybridized carbons (Fsp3) is 0.760. The molecule has 0 radical (unpaired) electrons. The molecule has 0 aromatic carbocycles. The lowest BCUT2D eigenvalue weighted by Crippen LogP contribution is -2.38. The number of hydrogen-bond acceptors (Lipinski definition) is 0. The molecule has 0 nitrogen and oxygen atoms in total. The standard InChI is InChI=1S/C25H44/c1-9-11-12-13-15-21(6)25(7,8)24-18-22(20(5)14-10-2)16-17-23(24)19(3)4/h14,16-17,21-24H,3,9-13,15,18H2,1-2,4-8H3/b20-14+/t21?,22-,23-,24?/m0/s1. The van der Waals surface area contributed by atoms with E-state index < -0.39 is 0 Å². The van der Waals surface area contributed by atoms with Crippen molar-refractivity contribution in [2.75, 3.05) is 0 Å². The SMILES string of the molecule is C=C(C)[C@@H]1C=C[C@H](/C(C)=C/CC)CC1C(C)(C)C(C)CCCCCC. The van der Waals surface area contributed by atoms with Gasteiger partial charge in [-0.1, -0.05) is 103 Å². The molecule has 1 aliphatic rings. The number of unbranched alkanes of at least 4 members (excludes halogenated alkanes) is 3. The van der Waals surface area contributed by atoms with Crippen LogP contribution >= 0.6 is 0 Å². The van der Waals surface area contributed by atoms with Crippen LogP contribution in [0.5, 0.6) is 0 Å². The van der Waals surface area contributed by atoms with Crippen LogP contribution in [0.1, 0.15) is 93.4 Å². The molecule has 0 fully saturated rings. The van der Waals surface area contributed by atoms with Gasteiger partial charge < -0.3 is 0 Å². The molecule has 0 aliphatic heterocycles. The highest BCUT2D eigenvalue weighted by Gasteiger charge is 2.41. The van der Waals surface area contributed by atoms with Gasteiger partial charge in [-0.15, -0.1) is 0 Å². The summed E-state index contributed by atoms with van der Waals surface area (Å²) in [5.74, 6) is 2.62. The van der Waals surface area contributed by atoms with E-state index in [4.69, 9.17) is 0 Å². The summed E-state index contributed by atoms with van der Waals surface area (Å²) in [7, 11) is 0. The Morgan fingerprint density at radius 3 is 2.40 bits per heavy atom. The molecule has 1 aliphatic carbocycles. The van der Waals surface area contributed by atoms with Crippen LogP contribution in [0, 0.1) is 29.1 Å². The van der Waals surface area contributed by atoms with Crippen molar-refractivity contribution in [3.8, 4) is 0 Å². The first-order chi connectivity index (χ1) is 11.8. The van der Waals surface area contributed by atoms with Crippen molar-refractivity contribution in [1.82, 2.24) is 0 Å². The van der Waals surface area contributed by atoms with Gasteiger partial charge >= 0.3 is 0 Å². The van der Waals surface area contributed by atoms with Gasteiger partial charge in [-0.05, 0) is 49.9 Å². The smallest absolute Gasteiger partial charge is 0.000529 e. The minimum absolute atomic E-state index is 0.353. The molecule has 0 amide bonds. The fourth-order valence-electron chi connectivity index (χ4n) is 4.59. The van der Waals surface area contributed by atoms with Crippen LogP contribution in [0.3, 0.4) is 0 Å². The second-order valence-electron chi connectivity index (χ2n) is 9.13. The molecule has 0 aromatic heterocycles. The maximum Gasteiger partial charge on any atom is 0.000529 e. The van der Waals surface area contributed by atoms with Crippen LogP contribution in [0.2, 0.25) is 0 Å². The lowest BCUT2D eigenvalue weighted by molar-refractivity contribution is 0.0765. The Morgan fingerprint density at radius 2 is 1.84 bits per heavy atom. The van der Waals surface area contributed by atoms with Gasteiger partial charge in [0.2, 0.25) is 0 Å². The first kappa shape index (κ1) is 22.3. The maximum atomic E-state index is 4.33. The lowest BCUT2D eigenvalue weighted by atomic mass is 9.58. The average Bonchev–Trinajstić information content (AvgIpc) is 2.58. The van der Waals surface area contributed by atoms with Gasteiger partial charge in [-0.3, -0.25) is 0 Å². The van der Waals surface area contributed by atoms with E-state index in [0.717, 1.165) is 12.3 Å². The summed E-state index contributed by atoms with van der Waals surface area (Å²) in [5.41, 5.74) is 3.24. The minimum atomic E-state index is 0.353. The Labute approximate surface area is 158 Å². The van der Waals surface area contributed by atoms with Gasteiger partial charge in [0, 0.05) is 5.92 Å². The molecule has 0 aromatic rings. The van der Waals surface area contributed by atoms with Crippen LogP contribution in [0.25, 0.3) is 0 Å². The molecule has 0 saturated carbocycles. The van der Waals surface area contributed by atoms with E-state index in [1.54, 1.807) is 5.57 Å². The van der Waals surface area contributed by atoms with E-state index >= 15 is 0 Å². The van der Waals surface area contributed by atoms with Gasteiger partial charge in [-0.25, -0.2) is 0 Å². The van der Waals surface area contributed by atoms with Crippen molar-refractivity contribution in [3.63, 3.8) is 0 Å². The molecule has 0 saturated heterocycles. The van der Waals surface area contributed by atoms with Crippen molar-refractivity contribution in [1.29, 1.82) is 0 Å². The number of rotatable bonds is 10. The van der Waals surface area contributed by atoms with Crippen LogP contribution in [-0.2, 0) is 0 Å². The largest absolute Gasteiger partial charge is 0.0995 e. The Kier molecular flexibility index (Phi) is 9.25. The molecule has 0 heterocycles. The molecule has 144 valence electrons. The summed E-state index contributed by atoms with van der Waals surface area (Å²) < 4.78 is 0. The quantitative estimate of drug-likeness (QED) is 0.276. The van der Waals surface area contributed by atoms with Crippen LogP contribution in [0.4, 0.5) is 0 Å². The van der Waals surface area contributed by atoms with Crippen molar-refractivity contribution in [2.45, 2.75) is 93.4 Å². The molecule has 2 unspecified atom stereocenters. The van der Waals surface area contributed by atoms with Crippen molar-refractivity contribution in [2.24, 2.45) is 29.1 Å². The zero-order valence-corrected chi connectivity index (χ0v) is 18.2. The summed E-state index contributed by atoms with van der Waals surface area (Å²) in [4.78, 5) is 0. The van der Waals surface area contributed by atoms with Gasteiger partial charge in [-0.2, -0.15) is 0 Å². The highest BCUT2D eigenvalue weighted by atomic mass is 14.5. The molecular weight excluding hydrogens is 300 g/mol. The van der Waals surface area contributed by atoms with E-state index in [1.807, 2.05) is 0 Å². The van der Waals surface area contributed by atoms with Gasteiger partial charge in [0.05, 0.1) is 0 Å². The van der Waals surface area contributed by atoms with Crippen molar-refractivity contribution < 1.29 is 0 Å². The molecule has 0 heteroatoms. The molecule has 1 rings (SSSR count). The molecule has 0 bridgehead atoms. The van der Waals surface area contributed by atoms with Crippen molar-refractivity contribution >= 4 is 0 Å². The van der Waals surface area contributed by atoms with Crippen LogP contribution < -0.4 is 0 Å². The number of allylic oxidation sites excluding steroid dienone is 5. The predicted molar refractivity (Wildman–Crippen MR) is 115 cm³/mol. The first-order valence-electron chi connectivity index (χ1n) is 10.8. The highest BCUT2D eigenvalue weighted by molar-refractivity contribution is 5.21. The van der Waals surface area contributed by atoms with Gasteiger partial charge in [0.25, 0.3) is 0 Å². The molecule has 4 atom stereocenters. The molecule has 0 spiro atoms. The molecule has 25 heavy (non-hydrogen) atoms. The Morgan fingerprint density at radius 1 is 1.16 bits per heavy atom. The van der Waals surface area contributed by atoms with E-state index in [9.17, 15) is 0 Å². The second kappa shape index (κ2) is 10.4. The first-order valence-corrected chi connectivity index (χ1v) is 10.8. The molecule has 0 N–H and O–H groups in total. The van der Waals surface area contributed by atoms with E-state index in [1.165, 1.54) is 44.1 Å². The fourth-order valence-corrected chi connectivity index (χ4v) is 4.59. The number of hydrogen-bond donors (Lipinski definition) is 0. The summed E-state index contributed by atoms with van der Waals surface area (Å²) in [6.07, 6.45) is 16.6. The van der Waals surface area contributed by atoms with E-state index in [0.29, 0.717) is 23.2 Å². The minimum Gasteiger partial charge on any atom is -0.0995 e. The average molecular weight is 345 g/mol. The summed E-state index contributed by atoms with van der Waals surface area (Å²) in [5, 5.41) is 0. The Bertz CT molecular complexity index is 462. The van der Waals surface area contributed by atoms with Crippen LogP contribution in [0.15, 0.2) is 36.0 Å². The van der Waals surface area contributed by atoms with Crippen molar-refractivity contribution in [3.05, 3.63) is 36.0 Å². The lowest BCUT2D eigenvalue weighted by Gasteiger charge is -2.46. The van der Waals surface area contributed by atoms with Crippen LogP contribution in [-0.4, -0.2) is 0 Å². The van der Waals surface area contributed by atoms with Gasteiger partial charge in [0.1, 0.15) is 0 Å². The third kappa shape index (κ3) is 6.15. The van der Waals surface area contributed by atoms with E-state index in [2.05, 4.69) is 73.3 Å². The molecular formula is C25H44. The van der Waals surface area contributed by atoms with E-state index in [-0.39, 0.29) is 0 Å². The zero-order chi connectivity index (χ0) is 19.0. The predicted octanol–water partition coefficient (Wildman–Crippen LogP) is 8.36. The Hall–Kier alpha value is -0.780. The zero-order valence-electron chi connectivity index (χ0n) is 18.2. The monoisotopic (exact) mass is 344 g/mol. The maximum absolute atomic E-state index is 4.33. The highest BCUT2D eigenvalue weighted by Crippen LogP contribution is 2.49. The summed E-state index contributed by atoms with van der Waals surface area (Å²) in [6, 6.07) is 0. The summed E-state index contributed by atoms with van der Waals surface area (Å²) in [6.45, 7) is 20.9. The van der Waals surface area contributed by atoms with Gasteiger partial charge in [0.15, 0.2) is 0 Å². The summed E-state index contributed by atoms with van der Waals surface area (Å²) >= 11 is 0. The third-order valence-electron chi connectivity index (χ3n) is 6.89. The topological polar surface area (TPSA) is 0 Å². The normalized spacial score (nSPS) is 25.9. The third-order valence-corrected chi connectivity index (χ3v) is 6.89. The Balaban J connectivity index is 2.92.